The molecule has 114 valence electrons. The molecule has 0 heterocycles. The minimum atomic E-state index is -1.05. The number of benzene rings is 1. The van der Waals surface area contributed by atoms with Gasteiger partial charge in [0.25, 0.3) is 0 Å². The molecule has 5 nitrogen and oxygen atoms in total. The number of carboxylic acid groups (broad SMARTS) is 1. The molecule has 1 aliphatic carbocycles. The Hall–Kier alpha value is -1.59. The van der Waals surface area contributed by atoms with Crippen LogP contribution in [0.1, 0.15) is 36.5 Å². The van der Waals surface area contributed by atoms with E-state index < -0.39 is 5.97 Å². The van der Waals surface area contributed by atoms with E-state index >= 15 is 0 Å². The topological polar surface area (TPSA) is 78.4 Å². The Bertz CT molecular complexity index is 548. The second-order valence-electron chi connectivity index (χ2n) is 5.32. The van der Waals surface area contributed by atoms with Crippen molar-refractivity contribution in [3.63, 3.8) is 0 Å². The van der Waals surface area contributed by atoms with Gasteiger partial charge in [-0.1, -0.05) is 24.9 Å². The SMILES string of the molecule is CCCC1CC1NCC(=O)Nc1cc(C(=O)O)ccc1Cl. The molecule has 6 heteroatoms. The number of anilines is 1. The Morgan fingerprint density at radius 2 is 2.19 bits per heavy atom. The molecule has 0 bridgehead atoms. The van der Waals surface area contributed by atoms with Gasteiger partial charge >= 0.3 is 5.97 Å². The van der Waals surface area contributed by atoms with Gasteiger partial charge in [-0.2, -0.15) is 0 Å². The molecule has 1 aliphatic rings. The molecule has 21 heavy (non-hydrogen) atoms. The highest BCUT2D eigenvalue weighted by Gasteiger charge is 2.35. The fraction of sp³-hybridized carbons (Fsp3) is 0.467. The highest BCUT2D eigenvalue weighted by Crippen LogP contribution is 2.34. The van der Waals surface area contributed by atoms with Crippen LogP contribution < -0.4 is 10.6 Å². The van der Waals surface area contributed by atoms with Crippen molar-refractivity contribution in [3.8, 4) is 0 Å². The molecule has 2 unspecified atom stereocenters. The minimum Gasteiger partial charge on any atom is -0.478 e. The van der Waals surface area contributed by atoms with E-state index in [1.54, 1.807) is 0 Å². The van der Waals surface area contributed by atoms with Gasteiger partial charge in [-0.15, -0.1) is 0 Å². The van der Waals surface area contributed by atoms with Gasteiger partial charge in [0.1, 0.15) is 0 Å². The Labute approximate surface area is 128 Å². The van der Waals surface area contributed by atoms with Crippen LogP contribution in [0.2, 0.25) is 5.02 Å². The summed E-state index contributed by atoms with van der Waals surface area (Å²) in [4.78, 5) is 22.8. The first-order chi connectivity index (χ1) is 10.0. The number of aromatic carboxylic acids is 1. The number of carboxylic acids is 1. The predicted octanol–water partition coefficient (Wildman–Crippen LogP) is 2.75. The van der Waals surface area contributed by atoms with E-state index in [4.69, 9.17) is 16.7 Å². The third-order valence-corrected chi connectivity index (χ3v) is 3.92. The minimum absolute atomic E-state index is 0.0906. The summed E-state index contributed by atoms with van der Waals surface area (Å²) >= 11 is 5.96. The van der Waals surface area contributed by atoms with Gasteiger partial charge in [-0.05, 0) is 37.0 Å². The molecule has 1 amide bonds. The van der Waals surface area contributed by atoms with Gasteiger partial charge in [0.15, 0.2) is 0 Å². The number of amides is 1. The Kier molecular flexibility index (Phi) is 5.20. The lowest BCUT2D eigenvalue weighted by molar-refractivity contribution is -0.115. The molecule has 3 N–H and O–H groups in total. The highest BCUT2D eigenvalue weighted by atomic mass is 35.5. The largest absolute Gasteiger partial charge is 0.478 e. The van der Waals surface area contributed by atoms with Crippen LogP contribution in [0.25, 0.3) is 0 Å². The Morgan fingerprint density at radius 1 is 1.43 bits per heavy atom. The van der Waals surface area contributed by atoms with Crippen molar-refractivity contribution in [2.45, 2.75) is 32.2 Å². The summed E-state index contributed by atoms with van der Waals surface area (Å²) in [6.45, 7) is 2.36. The Balaban J connectivity index is 1.85. The molecule has 1 fully saturated rings. The number of carbonyl (C=O) groups is 2. The predicted molar refractivity (Wildman–Crippen MR) is 81.8 cm³/mol. The zero-order valence-electron chi connectivity index (χ0n) is 11.9. The molecular weight excluding hydrogens is 292 g/mol. The summed E-state index contributed by atoms with van der Waals surface area (Å²) in [5.41, 5.74) is 0.414. The van der Waals surface area contributed by atoms with E-state index in [-0.39, 0.29) is 18.0 Å². The van der Waals surface area contributed by atoms with E-state index in [9.17, 15) is 9.59 Å². The van der Waals surface area contributed by atoms with Crippen molar-refractivity contribution in [3.05, 3.63) is 28.8 Å². The van der Waals surface area contributed by atoms with Gasteiger partial charge in [-0.25, -0.2) is 4.79 Å². The van der Waals surface area contributed by atoms with Crippen molar-refractivity contribution in [1.29, 1.82) is 0 Å². The third-order valence-electron chi connectivity index (χ3n) is 3.59. The lowest BCUT2D eigenvalue weighted by Gasteiger charge is -2.09. The van der Waals surface area contributed by atoms with E-state index in [0.29, 0.717) is 22.7 Å². The summed E-state index contributed by atoms with van der Waals surface area (Å²) in [6, 6.07) is 4.65. The second kappa shape index (κ2) is 6.91. The van der Waals surface area contributed by atoms with Crippen molar-refractivity contribution in [1.82, 2.24) is 5.32 Å². The zero-order valence-corrected chi connectivity index (χ0v) is 12.6. The number of nitrogens with one attached hydrogen (secondary N) is 2. The average Bonchev–Trinajstić information content (AvgIpc) is 3.17. The van der Waals surface area contributed by atoms with E-state index in [0.717, 1.165) is 12.8 Å². The maximum absolute atomic E-state index is 11.9. The standard InChI is InChI=1S/C15H19ClN2O3/c1-2-3-9-6-12(9)17-8-14(19)18-13-7-10(15(20)21)4-5-11(13)16/h4-5,7,9,12,17H,2-3,6,8H2,1H3,(H,18,19)(H,20,21). The lowest BCUT2D eigenvalue weighted by Crippen LogP contribution is -2.30. The third kappa shape index (κ3) is 4.44. The van der Waals surface area contributed by atoms with Crippen LogP contribution in [0.5, 0.6) is 0 Å². The Morgan fingerprint density at radius 3 is 2.86 bits per heavy atom. The molecule has 0 radical (unpaired) electrons. The van der Waals surface area contributed by atoms with E-state index in [2.05, 4.69) is 17.6 Å². The van der Waals surface area contributed by atoms with Gasteiger partial charge < -0.3 is 15.7 Å². The summed E-state index contributed by atoms with van der Waals surface area (Å²) in [6.07, 6.45) is 3.47. The normalized spacial score (nSPS) is 20.1. The van der Waals surface area contributed by atoms with Gasteiger partial charge in [0, 0.05) is 6.04 Å². The van der Waals surface area contributed by atoms with Crippen LogP contribution in [0.4, 0.5) is 5.69 Å². The first kappa shape index (κ1) is 15.8. The van der Waals surface area contributed by atoms with Gasteiger partial charge in [0.05, 0.1) is 22.8 Å². The summed E-state index contributed by atoms with van der Waals surface area (Å²) in [5, 5.41) is 15.1. The van der Waals surface area contributed by atoms with Crippen LogP contribution in [0, 0.1) is 5.92 Å². The van der Waals surface area contributed by atoms with Crippen LogP contribution in [-0.4, -0.2) is 29.6 Å². The quantitative estimate of drug-likeness (QED) is 0.723. The molecular formula is C15H19ClN2O3. The average molecular weight is 311 g/mol. The smallest absolute Gasteiger partial charge is 0.335 e. The zero-order chi connectivity index (χ0) is 15.4. The molecule has 1 aromatic rings. The van der Waals surface area contributed by atoms with Crippen LogP contribution in [0.3, 0.4) is 0 Å². The fourth-order valence-electron chi connectivity index (χ4n) is 2.36. The molecule has 2 atom stereocenters. The highest BCUT2D eigenvalue weighted by molar-refractivity contribution is 6.33. The van der Waals surface area contributed by atoms with Crippen LogP contribution >= 0.6 is 11.6 Å². The monoisotopic (exact) mass is 310 g/mol. The second-order valence-corrected chi connectivity index (χ2v) is 5.73. The van der Waals surface area contributed by atoms with E-state index in [1.807, 2.05) is 0 Å². The summed E-state index contributed by atoms with van der Waals surface area (Å²) < 4.78 is 0. The van der Waals surface area contributed by atoms with Crippen molar-refractivity contribution in [2.24, 2.45) is 5.92 Å². The van der Waals surface area contributed by atoms with Crippen molar-refractivity contribution < 1.29 is 14.7 Å². The van der Waals surface area contributed by atoms with Gasteiger partial charge in [-0.3, -0.25) is 4.79 Å². The molecule has 1 saturated carbocycles. The summed E-state index contributed by atoms with van der Waals surface area (Å²) in [5.74, 6) is -0.594. The van der Waals surface area contributed by atoms with E-state index in [1.165, 1.54) is 24.6 Å². The number of hydrogen-bond donors (Lipinski definition) is 3. The molecule has 0 aromatic heterocycles. The van der Waals surface area contributed by atoms with Crippen molar-refractivity contribution >= 4 is 29.2 Å². The first-order valence-corrected chi connectivity index (χ1v) is 7.45. The van der Waals surface area contributed by atoms with Crippen molar-refractivity contribution in [2.75, 3.05) is 11.9 Å². The molecule has 0 spiro atoms. The fourth-order valence-corrected chi connectivity index (χ4v) is 2.52. The van der Waals surface area contributed by atoms with Gasteiger partial charge in [0.2, 0.25) is 5.91 Å². The number of rotatable bonds is 7. The maximum atomic E-state index is 11.9. The maximum Gasteiger partial charge on any atom is 0.335 e. The molecule has 0 saturated heterocycles. The number of carbonyl (C=O) groups excluding carboxylic acids is 1. The number of halogens is 1. The summed E-state index contributed by atoms with van der Waals surface area (Å²) in [7, 11) is 0. The molecule has 2 rings (SSSR count). The lowest BCUT2D eigenvalue weighted by atomic mass is 10.2. The molecule has 1 aromatic carbocycles. The number of hydrogen-bond acceptors (Lipinski definition) is 3. The van der Waals surface area contributed by atoms with Crippen LogP contribution in [-0.2, 0) is 4.79 Å². The molecule has 0 aliphatic heterocycles. The van der Waals surface area contributed by atoms with Crippen LogP contribution in [0.15, 0.2) is 18.2 Å². The first-order valence-electron chi connectivity index (χ1n) is 7.07.